The number of pyridine rings is 1. The molecule has 0 aromatic carbocycles. The highest BCUT2D eigenvalue weighted by Gasteiger charge is 2.36. The van der Waals surface area contributed by atoms with Crippen LogP contribution in [0.5, 0.6) is 0 Å². The van der Waals surface area contributed by atoms with Gasteiger partial charge in [0.15, 0.2) is 0 Å². The van der Waals surface area contributed by atoms with Crippen LogP contribution in [0.25, 0.3) is 5.32 Å². The van der Waals surface area contributed by atoms with E-state index in [1.54, 1.807) is 29.3 Å². The summed E-state index contributed by atoms with van der Waals surface area (Å²) in [5.74, 6) is -0.131. The number of carbonyl (C=O) groups is 1. The first-order chi connectivity index (χ1) is 13.3. The zero-order valence-electron chi connectivity index (χ0n) is 15.7. The lowest BCUT2D eigenvalue weighted by atomic mass is 9.90. The van der Waals surface area contributed by atoms with Crippen molar-refractivity contribution >= 4 is 11.8 Å². The first-order valence-electron chi connectivity index (χ1n) is 10.1. The van der Waals surface area contributed by atoms with Crippen LogP contribution in [0.4, 0.5) is 5.88 Å². The Bertz CT molecular complexity index is 718. The zero-order chi connectivity index (χ0) is 18.5. The van der Waals surface area contributed by atoms with E-state index in [9.17, 15) is 4.79 Å². The van der Waals surface area contributed by atoms with E-state index in [0.29, 0.717) is 17.6 Å². The monoisotopic (exact) mass is 369 g/mol. The van der Waals surface area contributed by atoms with Crippen molar-refractivity contribution in [2.75, 3.05) is 5.01 Å². The lowest BCUT2D eigenvalue weighted by Gasteiger charge is -2.35. The van der Waals surface area contributed by atoms with E-state index in [2.05, 4.69) is 20.6 Å². The molecule has 2 saturated carbocycles. The lowest BCUT2D eigenvalue weighted by molar-refractivity contribution is -0.766. The summed E-state index contributed by atoms with van der Waals surface area (Å²) in [5, 5.41) is 10.7. The standard InChI is InChI=1S/C20H27N5O2/c26-20(16-8-7-13-21-14-16)22-19-15-24(23-27-19)25(17-9-3-1-4-10-17)18-11-5-2-6-12-18/h7-8,13-15,17-18H,1-6,9-12H2. The Hall–Kier alpha value is -2.44. The van der Waals surface area contributed by atoms with E-state index in [1.165, 1.54) is 70.4 Å². The number of hydrogen-bond acceptors (Lipinski definition) is 5. The number of aromatic nitrogens is 3. The molecule has 0 saturated heterocycles. The molecule has 2 aromatic heterocycles. The quantitative estimate of drug-likeness (QED) is 0.749. The summed E-state index contributed by atoms with van der Waals surface area (Å²) in [4.78, 5) is 18.0. The maximum Gasteiger partial charge on any atom is 0.257 e. The van der Waals surface area contributed by atoms with Gasteiger partial charge in [-0.25, -0.2) is 0 Å². The van der Waals surface area contributed by atoms with Crippen LogP contribution in [0.3, 0.4) is 0 Å². The van der Waals surface area contributed by atoms with Crippen molar-refractivity contribution in [3.63, 3.8) is 0 Å². The molecule has 0 atom stereocenters. The number of hydrogen-bond donors (Lipinski definition) is 0. The molecule has 4 rings (SSSR count). The summed E-state index contributed by atoms with van der Waals surface area (Å²) in [6.45, 7) is 0. The van der Waals surface area contributed by atoms with Crippen molar-refractivity contribution in [1.29, 1.82) is 0 Å². The van der Waals surface area contributed by atoms with E-state index in [1.807, 2.05) is 0 Å². The van der Waals surface area contributed by atoms with Crippen molar-refractivity contribution in [3.05, 3.63) is 41.6 Å². The molecule has 0 aliphatic heterocycles. The Morgan fingerprint density at radius 1 is 1.07 bits per heavy atom. The number of carbonyl (C=O) groups excluding carboxylic acids is 1. The van der Waals surface area contributed by atoms with Crippen LogP contribution in [-0.4, -0.2) is 28.2 Å². The van der Waals surface area contributed by atoms with E-state index in [0.717, 1.165) is 0 Å². The van der Waals surface area contributed by atoms with Gasteiger partial charge >= 0.3 is 0 Å². The van der Waals surface area contributed by atoms with Gasteiger partial charge in [0.1, 0.15) is 5.88 Å². The van der Waals surface area contributed by atoms with Crippen LogP contribution < -0.4 is 9.80 Å². The Morgan fingerprint density at radius 3 is 2.33 bits per heavy atom. The summed E-state index contributed by atoms with van der Waals surface area (Å²) in [6, 6.07) is 4.38. The highest BCUT2D eigenvalue weighted by Crippen LogP contribution is 2.28. The first-order valence-corrected chi connectivity index (χ1v) is 10.1. The Kier molecular flexibility index (Phi) is 5.65. The fourth-order valence-electron chi connectivity index (χ4n) is 4.37. The molecular formula is C20H27N5O2. The predicted molar refractivity (Wildman–Crippen MR) is 100 cm³/mol. The minimum Gasteiger partial charge on any atom is -0.584 e. The maximum atomic E-state index is 12.3. The molecule has 2 aliphatic carbocycles. The van der Waals surface area contributed by atoms with Gasteiger partial charge in [-0.3, -0.25) is 4.98 Å². The summed E-state index contributed by atoms with van der Waals surface area (Å²) in [5.41, 5.74) is 0.442. The predicted octanol–water partition coefficient (Wildman–Crippen LogP) is 3.81. The molecule has 0 radical (unpaired) electrons. The van der Waals surface area contributed by atoms with Crippen LogP contribution in [0.15, 0.2) is 35.2 Å². The van der Waals surface area contributed by atoms with Crippen LogP contribution in [0, 0.1) is 0 Å². The summed E-state index contributed by atoms with van der Waals surface area (Å²) >= 11 is 0. The third kappa shape index (κ3) is 4.28. The molecule has 2 aliphatic rings. The lowest BCUT2D eigenvalue weighted by Crippen LogP contribution is -2.68. The summed E-state index contributed by atoms with van der Waals surface area (Å²) in [7, 11) is 0. The molecule has 2 heterocycles. The van der Waals surface area contributed by atoms with Gasteiger partial charge in [-0.15, -0.1) is 5.01 Å². The summed E-state index contributed by atoms with van der Waals surface area (Å²) < 4.78 is 5.38. The molecule has 27 heavy (non-hydrogen) atoms. The molecule has 2 aromatic rings. The number of nitrogens with zero attached hydrogens (tertiary/aromatic N) is 5. The summed E-state index contributed by atoms with van der Waals surface area (Å²) in [6.07, 6.45) is 17.4. The third-order valence-corrected chi connectivity index (χ3v) is 5.70. The van der Waals surface area contributed by atoms with Gasteiger partial charge in [-0.05, 0) is 37.8 Å². The molecule has 0 N–H and O–H groups in total. The van der Waals surface area contributed by atoms with Gasteiger partial charge in [0.25, 0.3) is 6.20 Å². The molecule has 7 heteroatoms. The molecular weight excluding hydrogens is 342 g/mol. The van der Waals surface area contributed by atoms with E-state index >= 15 is 0 Å². The number of amides is 1. The normalized spacial score (nSPS) is 19.0. The molecule has 0 unspecified atom stereocenters. The van der Waals surface area contributed by atoms with Gasteiger partial charge in [-0.1, -0.05) is 38.5 Å². The van der Waals surface area contributed by atoms with Gasteiger partial charge < -0.3 is 14.6 Å². The fourth-order valence-corrected chi connectivity index (χ4v) is 4.37. The Morgan fingerprint density at radius 2 is 1.74 bits per heavy atom. The minimum atomic E-state index is -0.367. The number of rotatable bonds is 5. The molecule has 2 fully saturated rings. The van der Waals surface area contributed by atoms with Gasteiger partial charge in [0.2, 0.25) is 5.27 Å². The highest BCUT2D eigenvalue weighted by molar-refractivity contribution is 6.07. The van der Waals surface area contributed by atoms with Crippen LogP contribution >= 0.6 is 0 Å². The van der Waals surface area contributed by atoms with Crippen LogP contribution in [0.1, 0.15) is 74.6 Å². The Labute approximate surface area is 159 Å². The SMILES string of the molecule is O=C([N-]c1c[n+](N(C2CCCCC2)C2CCCCC2)no1)c1cccnc1. The van der Waals surface area contributed by atoms with Crippen molar-refractivity contribution in [3.8, 4) is 0 Å². The van der Waals surface area contributed by atoms with Crippen molar-refractivity contribution in [1.82, 2.24) is 10.3 Å². The smallest absolute Gasteiger partial charge is 0.257 e. The maximum absolute atomic E-state index is 12.3. The fraction of sp³-hybridized carbons (Fsp3) is 0.600. The average Bonchev–Trinajstić information content (AvgIpc) is 3.18. The van der Waals surface area contributed by atoms with E-state index < -0.39 is 0 Å². The minimum absolute atomic E-state index is 0.237. The molecule has 144 valence electrons. The highest BCUT2D eigenvalue weighted by atomic mass is 16.5. The van der Waals surface area contributed by atoms with Crippen LogP contribution in [0.2, 0.25) is 0 Å². The molecule has 7 nitrogen and oxygen atoms in total. The van der Waals surface area contributed by atoms with E-state index in [-0.39, 0.29) is 11.8 Å². The topological polar surface area (TPSA) is 77.2 Å². The second-order valence-corrected chi connectivity index (χ2v) is 7.58. The third-order valence-electron chi connectivity index (χ3n) is 5.70. The van der Waals surface area contributed by atoms with Crippen LogP contribution in [-0.2, 0) is 0 Å². The largest absolute Gasteiger partial charge is 0.584 e. The van der Waals surface area contributed by atoms with Gasteiger partial charge in [-0.2, -0.15) is 0 Å². The van der Waals surface area contributed by atoms with Gasteiger partial charge in [0, 0.05) is 18.0 Å². The second-order valence-electron chi connectivity index (χ2n) is 7.58. The Balaban J connectivity index is 1.51. The molecule has 1 amide bonds. The van der Waals surface area contributed by atoms with Crippen molar-refractivity contribution in [2.45, 2.75) is 76.3 Å². The van der Waals surface area contributed by atoms with Gasteiger partial charge in [0.05, 0.1) is 22.8 Å². The van der Waals surface area contributed by atoms with Crippen molar-refractivity contribution in [2.24, 2.45) is 0 Å². The van der Waals surface area contributed by atoms with E-state index in [4.69, 9.17) is 4.52 Å². The first kappa shape index (κ1) is 17.9. The molecule has 0 bridgehead atoms. The average molecular weight is 369 g/mol. The molecule has 0 spiro atoms. The zero-order valence-corrected chi connectivity index (χ0v) is 15.7. The van der Waals surface area contributed by atoms with Crippen molar-refractivity contribution < 1.29 is 14.1 Å². The second kappa shape index (κ2) is 8.50.